The number of ketones is 2. The minimum atomic E-state index is 0.0217. The van der Waals surface area contributed by atoms with Gasteiger partial charge in [0.15, 0.2) is 0 Å². The summed E-state index contributed by atoms with van der Waals surface area (Å²) in [7, 11) is 0. The van der Waals surface area contributed by atoms with Gasteiger partial charge in [0.2, 0.25) is 0 Å². The number of aryl methyl sites for hydroxylation is 1. The van der Waals surface area contributed by atoms with Crippen molar-refractivity contribution in [2.24, 2.45) is 11.8 Å². The normalized spacial score (nSPS) is 11.2. The van der Waals surface area contributed by atoms with E-state index in [1.807, 2.05) is 45.9 Å². The third-order valence-electron chi connectivity index (χ3n) is 3.68. The number of halogens is 1. The van der Waals surface area contributed by atoms with Crippen LogP contribution in [-0.4, -0.2) is 11.6 Å². The molecule has 0 aromatic heterocycles. The van der Waals surface area contributed by atoms with Crippen LogP contribution in [0.25, 0.3) is 0 Å². The molecule has 0 aliphatic heterocycles. The number of rotatable bonds is 8. The summed E-state index contributed by atoms with van der Waals surface area (Å²) in [5.74, 6) is 0.602. The number of Topliss-reactive ketones (excluding diaryl/α,β-unsaturated/α-hetero) is 2. The second-order valence-corrected chi connectivity index (χ2v) is 6.54. The highest BCUT2D eigenvalue weighted by molar-refractivity contribution is 6.32. The van der Waals surface area contributed by atoms with Crippen molar-refractivity contribution in [3.05, 3.63) is 34.3 Å². The molecule has 0 aliphatic carbocycles. The Hall–Kier alpha value is -1.15. The van der Waals surface area contributed by atoms with E-state index in [-0.39, 0.29) is 23.4 Å². The standard InChI is InChI=1S/C18H25ClO2/c1-12(2)16(20)10-6-8-14-7-5-9-15(18(14)19)11-17(21)13(3)4/h5,7,9,12-13H,6,8,10-11H2,1-4H3. The van der Waals surface area contributed by atoms with E-state index < -0.39 is 0 Å². The van der Waals surface area contributed by atoms with Crippen LogP contribution in [0.4, 0.5) is 0 Å². The summed E-state index contributed by atoms with van der Waals surface area (Å²) in [5.41, 5.74) is 1.92. The number of hydrogen-bond acceptors (Lipinski definition) is 2. The second kappa shape index (κ2) is 8.33. The molecule has 1 rings (SSSR count). The van der Waals surface area contributed by atoms with E-state index in [0.29, 0.717) is 17.9 Å². The smallest absolute Gasteiger partial charge is 0.139 e. The van der Waals surface area contributed by atoms with Crippen LogP contribution in [0.1, 0.15) is 51.7 Å². The summed E-state index contributed by atoms with van der Waals surface area (Å²) in [6.07, 6.45) is 2.55. The zero-order chi connectivity index (χ0) is 16.0. The lowest BCUT2D eigenvalue weighted by Gasteiger charge is -2.11. The average Bonchev–Trinajstić information content (AvgIpc) is 2.42. The third kappa shape index (κ3) is 5.62. The lowest BCUT2D eigenvalue weighted by molar-refractivity contribution is -0.122. The molecule has 0 N–H and O–H groups in total. The van der Waals surface area contributed by atoms with E-state index in [2.05, 4.69) is 0 Å². The molecular formula is C18H25ClO2. The molecule has 0 saturated carbocycles. The van der Waals surface area contributed by atoms with E-state index in [4.69, 9.17) is 11.6 Å². The summed E-state index contributed by atoms with van der Waals surface area (Å²) >= 11 is 6.40. The highest BCUT2D eigenvalue weighted by Crippen LogP contribution is 2.24. The molecule has 0 bridgehead atoms. The molecule has 2 nitrogen and oxygen atoms in total. The molecule has 0 aliphatic rings. The monoisotopic (exact) mass is 308 g/mol. The summed E-state index contributed by atoms with van der Waals surface area (Å²) in [6, 6.07) is 5.82. The predicted molar refractivity (Wildman–Crippen MR) is 87.8 cm³/mol. The quantitative estimate of drug-likeness (QED) is 0.700. The maximum Gasteiger partial charge on any atom is 0.139 e. The van der Waals surface area contributed by atoms with Gasteiger partial charge in [-0.15, -0.1) is 0 Å². The SMILES string of the molecule is CC(C)C(=O)CCCc1cccc(CC(=O)C(C)C)c1Cl. The third-order valence-corrected chi connectivity index (χ3v) is 4.17. The molecule has 0 heterocycles. The zero-order valence-electron chi connectivity index (χ0n) is 13.4. The molecule has 1 aromatic carbocycles. The first-order valence-electron chi connectivity index (χ1n) is 7.64. The fourth-order valence-electron chi connectivity index (χ4n) is 2.10. The van der Waals surface area contributed by atoms with Gasteiger partial charge in [0.05, 0.1) is 0 Å². The Balaban J connectivity index is 2.68. The van der Waals surface area contributed by atoms with Gasteiger partial charge in [0.1, 0.15) is 11.6 Å². The van der Waals surface area contributed by atoms with Crippen molar-refractivity contribution in [1.29, 1.82) is 0 Å². The second-order valence-electron chi connectivity index (χ2n) is 6.16. The van der Waals surface area contributed by atoms with Crippen molar-refractivity contribution in [2.75, 3.05) is 0 Å². The lowest BCUT2D eigenvalue weighted by atomic mass is 9.97. The van der Waals surface area contributed by atoms with Gasteiger partial charge in [-0.3, -0.25) is 9.59 Å². The molecule has 0 unspecified atom stereocenters. The Labute approximate surface area is 132 Å². The molecule has 116 valence electrons. The Morgan fingerprint density at radius 3 is 2.14 bits per heavy atom. The van der Waals surface area contributed by atoms with Gasteiger partial charge in [-0.05, 0) is 24.0 Å². The maximum absolute atomic E-state index is 11.9. The molecule has 0 radical (unpaired) electrons. The van der Waals surface area contributed by atoms with Gasteiger partial charge < -0.3 is 0 Å². The Kier molecular flexibility index (Phi) is 7.10. The Morgan fingerprint density at radius 1 is 1.00 bits per heavy atom. The molecular weight excluding hydrogens is 284 g/mol. The van der Waals surface area contributed by atoms with Crippen LogP contribution in [-0.2, 0) is 22.4 Å². The van der Waals surface area contributed by atoms with Crippen molar-refractivity contribution in [3.63, 3.8) is 0 Å². The van der Waals surface area contributed by atoms with E-state index in [1.54, 1.807) is 0 Å². The van der Waals surface area contributed by atoms with Gasteiger partial charge in [0, 0.05) is 29.7 Å². The van der Waals surface area contributed by atoms with Crippen LogP contribution in [0.5, 0.6) is 0 Å². The molecule has 0 spiro atoms. The number of benzene rings is 1. The van der Waals surface area contributed by atoms with Crippen LogP contribution in [0.3, 0.4) is 0 Å². The van der Waals surface area contributed by atoms with Crippen molar-refractivity contribution in [1.82, 2.24) is 0 Å². The highest BCUT2D eigenvalue weighted by Gasteiger charge is 2.13. The molecule has 0 atom stereocenters. The van der Waals surface area contributed by atoms with Crippen molar-refractivity contribution >= 4 is 23.2 Å². The minimum absolute atomic E-state index is 0.0217. The van der Waals surface area contributed by atoms with E-state index in [0.717, 1.165) is 24.0 Å². The van der Waals surface area contributed by atoms with Gasteiger partial charge in [-0.2, -0.15) is 0 Å². The van der Waals surface area contributed by atoms with Crippen LogP contribution in [0.2, 0.25) is 5.02 Å². The van der Waals surface area contributed by atoms with Crippen LogP contribution in [0, 0.1) is 11.8 Å². The average molecular weight is 309 g/mol. The largest absolute Gasteiger partial charge is 0.299 e. The zero-order valence-corrected chi connectivity index (χ0v) is 14.2. The van der Waals surface area contributed by atoms with Crippen molar-refractivity contribution < 1.29 is 9.59 Å². The van der Waals surface area contributed by atoms with E-state index in [9.17, 15) is 9.59 Å². The molecule has 1 aromatic rings. The number of hydrogen-bond donors (Lipinski definition) is 0. The van der Waals surface area contributed by atoms with Gasteiger partial charge in [0.25, 0.3) is 0 Å². The first-order valence-corrected chi connectivity index (χ1v) is 8.02. The summed E-state index contributed by atoms with van der Waals surface area (Å²) in [4.78, 5) is 23.5. The van der Waals surface area contributed by atoms with Crippen LogP contribution in [0.15, 0.2) is 18.2 Å². The minimum Gasteiger partial charge on any atom is -0.299 e. The Bertz CT molecular complexity index is 504. The highest BCUT2D eigenvalue weighted by atomic mass is 35.5. The fourth-order valence-corrected chi connectivity index (χ4v) is 2.38. The van der Waals surface area contributed by atoms with Crippen molar-refractivity contribution in [2.45, 2.75) is 53.4 Å². The first kappa shape index (κ1) is 17.9. The first-order chi connectivity index (χ1) is 9.82. The topological polar surface area (TPSA) is 34.1 Å². The summed E-state index contributed by atoms with van der Waals surface area (Å²) in [5, 5.41) is 0.684. The molecule has 21 heavy (non-hydrogen) atoms. The fraction of sp³-hybridized carbons (Fsp3) is 0.556. The molecule has 0 saturated heterocycles. The molecule has 0 amide bonds. The van der Waals surface area contributed by atoms with E-state index >= 15 is 0 Å². The van der Waals surface area contributed by atoms with Crippen LogP contribution >= 0.6 is 11.6 Å². The van der Waals surface area contributed by atoms with Gasteiger partial charge in [-0.1, -0.05) is 57.5 Å². The maximum atomic E-state index is 11.9. The van der Waals surface area contributed by atoms with Gasteiger partial charge >= 0.3 is 0 Å². The summed E-state index contributed by atoms with van der Waals surface area (Å²) in [6.45, 7) is 7.65. The van der Waals surface area contributed by atoms with Crippen LogP contribution < -0.4 is 0 Å². The number of carbonyl (C=O) groups excluding carboxylic acids is 2. The van der Waals surface area contributed by atoms with Gasteiger partial charge in [-0.25, -0.2) is 0 Å². The van der Waals surface area contributed by atoms with E-state index in [1.165, 1.54) is 0 Å². The lowest BCUT2D eigenvalue weighted by Crippen LogP contribution is -2.11. The molecule has 3 heteroatoms. The van der Waals surface area contributed by atoms with Crippen molar-refractivity contribution in [3.8, 4) is 0 Å². The predicted octanol–water partition coefficient (Wildman–Crippen LogP) is 4.66. The number of carbonyl (C=O) groups is 2. The summed E-state index contributed by atoms with van der Waals surface area (Å²) < 4.78 is 0. The molecule has 0 fully saturated rings. The Morgan fingerprint density at radius 2 is 1.57 bits per heavy atom.